The first-order chi connectivity index (χ1) is 43.1. The van der Waals surface area contributed by atoms with E-state index < -0.39 is 97.5 Å². The van der Waals surface area contributed by atoms with Crippen LogP contribution < -0.4 is 0 Å². The Bertz CT molecular complexity index is 1780. The highest BCUT2D eigenvalue weighted by molar-refractivity contribution is 7.47. The van der Waals surface area contributed by atoms with Crippen molar-refractivity contribution in [1.29, 1.82) is 0 Å². The first-order valence-electron chi connectivity index (χ1n) is 36.7. The molecule has 0 amide bonds. The van der Waals surface area contributed by atoms with Gasteiger partial charge >= 0.3 is 39.5 Å². The number of phosphoric ester groups is 2. The fourth-order valence-electron chi connectivity index (χ4n) is 10.6. The van der Waals surface area contributed by atoms with E-state index in [2.05, 4.69) is 55.4 Å². The Morgan fingerprint density at radius 3 is 0.789 bits per heavy atom. The lowest BCUT2D eigenvalue weighted by Crippen LogP contribution is -2.30. The van der Waals surface area contributed by atoms with Crippen molar-refractivity contribution in [2.24, 2.45) is 23.7 Å². The maximum Gasteiger partial charge on any atom is 0.472 e. The Morgan fingerprint density at radius 2 is 0.533 bits per heavy atom. The molecule has 3 N–H and O–H groups in total. The molecule has 19 heteroatoms. The van der Waals surface area contributed by atoms with E-state index in [0.29, 0.717) is 31.6 Å². The van der Waals surface area contributed by atoms with Gasteiger partial charge < -0.3 is 33.8 Å². The van der Waals surface area contributed by atoms with E-state index in [-0.39, 0.29) is 25.7 Å². The molecule has 17 nitrogen and oxygen atoms in total. The quantitative estimate of drug-likeness (QED) is 0.0222. The number of carbonyl (C=O) groups is 4. The summed E-state index contributed by atoms with van der Waals surface area (Å²) in [7, 11) is -9.90. The molecule has 90 heavy (non-hydrogen) atoms. The van der Waals surface area contributed by atoms with Crippen molar-refractivity contribution >= 4 is 39.5 Å². The zero-order valence-electron chi connectivity index (χ0n) is 58.8. The zero-order valence-corrected chi connectivity index (χ0v) is 60.6. The summed E-state index contributed by atoms with van der Waals surface area (Å²) < 4.78 is 68.3. The van der Waals surface area contributed by atoms with Crippen LogP contribution in [0.2, 0.25) is 0 Å². The van der Waals surface area contributed by atoms with Crippen molar-refractivity contribution in [3.8, 4) is 0 Å². The van der Waals surface area contributed by atoms with Crippen molar-refractivity contribution in [1.82, 2.24) is 0 Å². The van der Waals surface area contributed by atoms with Crippen molar-refractivity contribution in [2.75, 3.05) is 39.6 Å². The molecule has 0 aliphatic rings. The predicted molar refractivity (Wildman–Crippen MR) is 363 cm³/mol. The van der Waals surface area contributed by atoms with E-state index >= 15 is 0 Å². The molecule has 0 aromatic rings. The SMILES string of the molecule is CCC(C)CCCCCCCCCCCCC(=O)OC[C@H](COP(=O)(O)OC[C@@H](O)COP(=O)(O)OC[C@@H](COC(=O)CCCCCCCCC(C)C)OC(=O)CCCCCCCCCCCCCCCC(C)C)OC(=O)CCCCCCCCCCC(C)C. The summed E-state index contributed by atoms with van der Waals surface area (Å²) in [4.78, 5) is 72.5. The van der Waals surface area contributed by atoms with Gasteiger partial charge in [0.05, 0.1) is 26.4 Å². The third-order valence-electron chi connectivity index (χ3n) is 16.7. The van der Waals surface area contributed by atoms with Gasteiger partial charge in [0.2, 0.25) is 0 Å². The number of rotatable bonds is 68. The minimum atomic E-state index is -4.95. The standard InChI is InChI=1S/C71H138O17P2/c1-9-64(8)50-42-34-25-18-15-16-19-26-35-43-51-68(73)81-57-66(88-71(76)54-46-38-28-22-21-24-32-40-48-62(4)5)59-85-89(77,78)83-55-65(72)56-84-90(79,80)86-60-67(58-82-69(74)52-44-36-30-29-33-41-49-63(6)7)87-70(75)53-45-37-27-20-14-12-10-11-13-17-23-31-39-47-61(2)3/h61-67,72H,9-60H2,1-8H3,(H,77,78)(H,79,80)/t64?,65-,66-,67-/m1/s1. The lowest BCUT2D eigenvalue weighted by molar-refractivity contribution is -0.161. The third kappa shape index (κ3) is 63.5. The fraction of sp³-hybridized carbons (Fsp3) is 0.944. The van der Waals surface area contributed by atoms with Crippen LogP contribution in [0.4, 0.5) is 0 Å². The van der Waals surface area contributed by atoms with E-state index in [1.807, 2.05) is 0 Å². The van der Waals surface area contributed by atoms with E-state index in [9.17, 15) is 43.2 Å². The number of phosphoric acid groups is 2. The lowest BCUT2D eigenvalue weighted by Gasteiger charge is -2.21. The molecule has 0 aliphatic carbocycles. The van der Waals surface area contributed by atoms with E-state index in [4.69, 9.17) is 37.0 Å². The maximum absolute atomic E-state index is 13.0. The summed E-state index contributed by atoms with van der Waals surface area (Å²) in [6, 6.07) is 0. The number of carbonyl (C=O) groups excluding carboxylic acids is 4. The van der Waals surface area contributed by atoms with Crippen LogP contribution in [0.5, 0.6) is 0 Å². The van der Waals surface area contributed by atoms with Gasteiger partial charge in [-0.25, -0.2) is 9.13 Å². The van der Waals surface area contributed by atoms with Crippen molar-refractivity contribution in [3.05, 3.63) is 0 Å². The monoisotopic (exact) mass is 1320 g/mol. The van der Waals surface area contributed by atoms with E-state index in [1.54, 1.807) is 0 Å². The molecule has 0 spiro atoms. The number of aliphatic hydroxyl groups excluding tert-OH is 1. The van der Waals surface area contributed by atoms with Crippen LogP contribution in [0.1, 0.15) is 351 Å². The van der Waals surface area contributed by atoms with E-state index in [1.165, 1.54) is 148 Å². The second-order valence-corrected chi connectivity index (χ2v) is 30.2. The Hall–Kier alpha value is -1.94. The van der Waals surface area contributed by atoms with Crippen LogP contribution in [0, 0.1) is 23.7 Å². The smallest absolute Gasteiger partial charge is 0.462 e. The number of esters is 4. The summed E-state index contributed by atoms with van der Waals surface area (Å²) in [5.74, 6) is 0.863. The molecule has 6 atom stereocenters. The molecule has 0 saturated carbocycles. The normalized spacial score (nSPS) is 14.6. The number of hydrogen-bond donors (Lipinski definition) is 3. The Balaban J connectivity index is 5.23. The van der Waals surface area contributed by atoms with Crippen LogP contribution in [0.3, 0.4) is 0 Å². The largest absolute Gasteiger partial charge is 0.472 e. The van der Waals surface area contributed by atoms with Gasteiger partial charge in [-0.3, -0.25) is 37.3 Å². The molecule has 3 unspecified atom stereocenters. The molecular weight excluding hydrogens is 1190 g/mol. The summed E-state index contributed by atoms with van der Waals surface area (Å²) in [6.45, 7) is 14.1. The molecule has 534 valence electrons. The molecule has 0 aliphatic heterocycles. The summed E-state index contributed by atoms with van der Waals surface area (Å²) in [5, 5.41) is 10.6. The Kier molecular flexibility index (Phi) is 59.4. The van der Waals surface area contributed by atoms with Crippen LogP contribution in [-0.2, 0) is 65.4 Å². The van der Waals surface area contributed by atoms with Crippen molar-refractivity contribution in [2.45, 2.75) is 369 Å². The summed E-state index contributed by atoms with van der Waals surface area (Å²) in [6.07, 6.45) is 43.2. The van der Waals surface area contributed by atoms with Crippen LogP contribution in [-0.4, -0.2) is 96.7 Å². The second kappa shape index (κ2) is 60.7. The average molecular weight is 1330 g/mol. The van der Waals surface area contributed by atoms with Crippen molar-refractivity contribution < 1.29 is 80.2 Å². The average Bonchev–Trinajstić information content (AvgIpc) is 3.68. The highest BCUT2D eigenvalue weighted by atomic mass is 31.2. The molecule has 0 radical (unpaired) electrons. The zero-order chi connectivity index (χ0) is 66.8. The molecule has 0 rings (SSSR count). The number of hydrogen-bond acceptors (Lipinski definition) is 15. The molecule has 0 aromatic carbocycles. The van der Waals surface area contributed by atoms with Gasteiger partial charge in [-0.15, -0.1) is 0 Å². The molecule has 0 fully saturated rings. The third-order valence-corrected chi connectivity index (χ3v) is 18.6. The minimum Gasteiger partial charge on any atom is -0.462 e. The molecule has 0 heterocycles. The van der Waals surface area contributed by atoms with Crippen LogP contribution in [0.15, 0.2) is 0 Å². The fourth-order valence-corrected chi connectivity index (χ4v) is 12.2. The molecular formula is C71H138O17P2. The summed E-state index contributed by atoms with van der Waals surface area (Å²) >= 11 is 0. The highest BCUT2D eigenvalue weighted by Crippen LogP contribution is 2.45. The van der Waals surface area contributed by atoms with Gasteiger partial charge in [0.1, 0.15) is 19.3 Å². The Morgan fingerprint density at radius 1 is 0.311 bits per heavy atom. The van der Waals surface area contributed by atoms with Gasteiger partial charge in [0, 0.05) is 25.7 Å². The lowest BCUT2D eigenvalue weighted by atomic mass is 9.99. The van der Waals surface area contributed by atoms with Crippen LogP contribution >= 0.6 is 15.6 Å². The van der Waals surface area contributed by atoms with Gasteiger partial charge in [-0.2, -0.15) is 0 Å². The number of aliphatic hydroxyl groups is 1. The van der Waals surface area contributed by atoms with Gasteiger partial charge in [0.15, 0.2) is 12.2 Å². The number of unbranched alkanes of at least 4 members (excludes halogenated alkanes) is 33. The van der Waals surface area contributed by atoms with Crippen LogP contribution in [0.25, 0.3) is 0 Å². The molecule has 0 saturated heterocycles. The first-order valence-corrected chi connectivity index (χ1v) is 39.7. The topological polar surface area (TPSA) is 237 Å². The number of ether oxygens (including phenoxy) is 4. The van der Waals surface area contributed by atoms with Gasteiger partial charge in [-0.1, -0.05) is 299 Å². The molecule has 0 aromatic heterocycles. The van der Waals surface area contributed by atoms with Gasteiger partial charge in [-0.05, 0) is 49.4 Å². The van der Waals surface area contributed by atoms with Crippen molar-refractivity contribution in [3.63, 3.8) is 0 Å². The molecule has 0 bridgehead atoms. The van der Waals surface area contributed by atoms with E-state index in [0.717, 1.165) is 114 Å². The summed E-state index contributed by atoms with van der Waals surface area (Å²) in [5.41, 5.74) is 0. The Labute approximate surface area is 549 Å². The first kappa shape index (κ1) is 88.1. The second-order valence-electron chi connectivity index (χ2n) is 27.3. The minimum absolute atomic E-state index is 0.104. The maximum atomic E-state index is 13.0. The highest BCUT2D eigenvalue weighted by Gasteiger charge is 2.30. The predicted octanol–water partition coefficient (Wildman–Crippen LogP) is 20.1. The van der Waals surface area contributed by atoms with Gasteiger partial charge in [0.25, 0.3) is 0 Å².